The van der Waals surface area contributed by atoms with Gasteiger partial charge in [0.1, 0.15) is 18.2 Å². The first-order valence-corrected chi connectivity index (χ1v) is 8.93. The van der Waals surface area contributed by atoms with Gasteiger partial charge in [0.25, 0.3) is 0 Å². The third kappa shape index (κ3) is 5.07. The molecule has 0 aromatic heterocycles. The van der Waals surface area contributed by atoms with Crippen LogP contribution in [0.3, 0.4) is 0 Å². The van der Waals surface area contributed by atoms with Crippen LogP contribution in [-0.4, -0.2) is 0 Å². The van der Waals surface area contributed by atoms with Crippen LogP contribution in [0.2, 0.25) is 5.02 Å². The SMILES string of the molecule is C[C@@H](NCc1ccc(OCc2ccc(F)cc2Cl)cc1)c1ccccc1. The Labute approximate surface area is 158 Å². The predicted octanol–water partition coefficient (Wildman–Crippen LogP) is 5.91. The van der Waals surface area contributed by atoms with E-state index in [0.717, 1.165) is 17.9 Å². The van der Waals surface area contributed by atoms with Crippen molar-refractivity contribution in [2.45, 2.75) is 26.1 Å². The molecule has 0 bridgehead atoms. The summed E-state index contributed by atoms with van der Waals surface area (Å²) >= 11 is 6.01. The Morgan fingerprint density at radius 3 is 2.42 bits per heavy atom. The molecular formula is C22H21ClFNO. The Kier molecular flexibility index (Phi) is 6.26. The second-order valence-electron chi connectivity index (χ2n) is 6.18. The third-order valence-electron chi connectivity index (χ3n) is 4.24. The quantitative estimate of drug-likeness (QED) is 0.559. The van der Waals surface area contributed by atoms with Crippen molar-refractivity contribution in [2.24, 2.45) is 0 Å². The van der Waals surface area contributed by atoms with Crippen LogP contribution in [0.25, 0.3) is 0 Å². The Hall–Kier alpha value is -2.36. The fourth-order valence-electron chi connectivity index (χ4n) is 2.63. The third-order valence-corrected chi connectivity index (χ3v) is 4.60. The van der Waals surface area contributed by atoms with Crippen molar-refractivity contribution in [3.63, 3.8) is 0 Å². The summed E-state index contributed by atoms with van der Waals surface area (Å²) in [7, 11) is 0. The van der Waals surface area contributed by atoms with Crippen molar-refractivity contribution < 1.29 is 9.13 Å². The summed E-state index contributed by atoms with van der Waals surface area (Å²) in [5, 5.41) is 3.89. The lowest BCUT2D eigenvalue weighted by molar-refractivity contribution is 0.306. The van der Waals surface area contributed by atoms with Crippen molar-refractivity contribution in [3.8, 4) is 5.75 Å². The van der Waals surface area contributed by atoms with E-state index >= 15 is 0 Å². The number of rotatable bonds is 7. The molecule has 3 rings (SSSR count). The van der Waals surface area contributed by atoms with Crippen LogP contribution in [0.5, 0.6) is 5.75 Å². The summed E-state index contributed by atoms with van der Waals surface area (Å²) in [6.45, 7) is 3.24. The maximum Gasteiger partial charge on any atom is 0.124 e. The molecule has 1 atom stereocenters. The van der Waals surface area contributed by atoms with Gasteiger partial charge >= 0.3 is 0 Å². The van der Waals surface area contributed by atoms with Crippen LogP contribution in [0, 0.1) is 5.82 Å². The Balaban J connectivity index is 1.52. The number of nitrogens with one attached hydrogen (secondary N) is 1. The molecular weight excluding hydrogens is 349 g/mol. The van der Waals surface area contributed by atoms with Gasteiger partial charge in [-0.05, 0) is 42.3 Å². The first kappa shape index (κ1) is 18.4. The summed E-state index contributed by atoms with van der Waals surface area (Å²) in [5.41, 5.74) is 3.21. The van der Waals surface area contributed by atoms with Crippen LogP contribution in [0.15, 0.2) is 72.8 Å². The summed E-state index contributed by atoms with van der Waals surface area (Å²) < 4.78 is 18.8. The normalized spacial score (nSPS) is 12.0. The Morgan fingerprint density at radius 1 is 1.00 bits per heavy atom. The van der Waals surface area contributed by atoms with Crippen molar-refractivity contribution in [1.82, 2.24) is 5.32 Å². The molecule has 0 unspecified atom stereocenters. The molecule has 0 fully saturated rings. The lowest BCUT2D eigenvalue weighted by Crippen LogP contribution is -2.17. The molecule has 0 aliphatic carbocycles. The van der Waals surface area contributed by atoms with Crippen LogP contribution >= 0.6 is 11.6 Å². The zero-order valence-electron chi connectivity index (χ0n) is 14.6. The van der Waals surface area contributed by atoms with Gasteiger partial charge in [0.05, 0.1) is 5.02 Å². The van der Waals surface area contributed by atoms with E-state index in [4.69, 9.17) is 16.3 Å². The van der Waals surface area contributed by atoms with E-state index in [-0.39, 0.29) is 11.9 Å². The molecule has 0 aliphatic heterocycles. The molecule has 0 radical (unpaired) electrons. The molecule has 0 amide bonds. The number of benzene rings is 3. The monoisotopic (exact) mass is 369 g/mol. The van der Waals surface area contributed by atoms with E-state index < -0.39 is 0 Å². The van der Waals surface area contributed by atoms with Crippen molar-refractivity contribution >= 4 is 11.6 Å². The molecule has 26 heavy (non-hydrogen) atoms. The predicted molar refractivity (Wildman–Crippen MR) is 104 cm³/mol. The molecule has 0 heterocycles. The minimum atomic E-state index is -0.347. The van der Waals surface area contributed by atoms with Crippen molar-refractivity contribution in [3.05, 3.63) is 100 Å². The lowest BCUT2D eigenvalue weighted by atomic mass is 10.1. The van der Waals surface area contributed by atoms with Crippen molar-refractivity contribution in [2.75, 3.05) is 0 Å². The molecule has 2 nitrogen and oxygen atoms in total. The van der Waals surface area contributed by atoms with Crippen LogP contribution < -0.4 is 10.1 Å². The van der Waals surface area contributed by atoms with Crippen LogP contribution in [0.4, 0.5) is 4.39 Å². The Morgan fingerprint density at radius 2 is 1.73 bits per heavy atom. The Bertz CT molecular complexity index is 837. The van der Waals surface area contributed by atoms with Crippen molar-refractivity contribution in [1.29, 1.82) is 0 Å². The van der Waals surface area contributed by atoms with E-state index in [0.29, 0.717) is 11.6 Å². The molecule has 1 N–H and O–H groups in total. The highest BCUT2D eigenvalue weighted by Crippen LogP contribution is 2.20. The second-order valence-corrected chi connectivity index (χ2v) is 6.59. The fraction of sp³-hybridized carbons (Fsp3) is 0.182. The van der Waals surface area contributed by atoms with E-state index in [1.165, 1.54) is 23.3 Å². The fourth-order valence-corrected chi connectivity index (χ4v) is 2.86. The zero-order valence-corrected chi connectivity index (χ0v) is 15.3. The smallest absolute Gasteiger partial charge is 0.124 e. The highest BCUT2D eigenvalue weighted by atomic mass is 35.5. The number of hydrogen-bond donors (Lipinski definition) is 1. The minimum absolute atomic E-state index is 0.285. The molecule has 134 valence electrons. The van der Waals surface area contributed by atoms with Gasteiger partial charge in [0.2, 0.25) is 0 Å². The van der Waals surface area contributed by atoms with E-state index in [1.807, 2.05) is 42.5 Å². The number of ether oxygens (including phenoxy) is 1. The molecule has 0 spiro atoms. The molecule has 0 saturated carbocycles. The largest absolute Gasteiger partial charge is 0.489 e. The van der Waals surface area contributed by atoms with E-state index in [1.54, 1.807) is 6.07 Å². The maximum absolute atomic E-state index is 13.1. The van der Waals surface area contributed by atoms with E-state index in [2.05, 4.69) is 24.4 Å². The maximum atomic E-state index is 13.1. The highest BCUT2D eigenvalue weighted by molar-refractivity contribution is 6.31. The van der Waals surface area contributed by atoms with Gasteiger partial charge in [-0.1, -0.05) is 60.1 Å². The molecule has 3 aromatic carbocycles. The van der Waals surface area contributed by atoms with Gasteiger partial charge in [0.15, 0.2) is 0 Å². The van der Waals surface area contributed by atoms with Gasteiger partial charge in [-0.2, -0.15) is 0 Å². The number of hydrogen-bond acceptors (Lipinski definition) is 2. The molecule has 0 aliphatic rings. The summed E-state index contributed by atoms with van der Waals surface area (Å²) in [6.07, 6.45) is 0. The van der Waals surface area contributed by atoms with Gasteiger partial charge < -0.3 is 10.1 Å². The van der Waals surface area contributed by atoms with Gasteiger partial charge in [-0.3, -0.25) is 0 Å². The summed E-state index contributed by atoms with van der Waals surface area (Å²) in [4.78, 5) is 0. The topological polar surface area (TPSA) is 21.3 Å². The van der Waals surface area contributed by atoms with Crippen LogP contribution in [-0.2, 0) is 13.2 Å². The average molecular weight is 370 g/mol. The summed E-state index contributed by atoms with van der Waals surface area (Å²) in [6, 6.07) is 22.9. The first-order valence-electron chi connectivity index (χ1n) is 8.56. The summed E-state index contributed by atoms with van der Waals surface area (Å²) in [5.74, 6) is 0.408. The van der Waals surface area contributed by atoms with Gasteiger partial charge in [0, 0.05) is 18.2 Å². The zero-order chi connectivity index (χ0) is 18.4. The average Bonchev–Trinajstić information content (AvgIpc) is 2.67. The van der Waals surface area contributed by atoms with E-state index in [9.17, 15) is 4.39 Å². The minimum Gasteiger partial charge on any atom is -0.489 e. The molecule has 4 heteroatoms. The van der Waals surface area contributed by atoms with Gasteiger partial charge in [-0.25, -0.2) is 4.39 Å². The lowest BCUT2D eigenvalue weighted by Gasteiger charge is -2.14. The number of halogens is 2. The highest BCUT2D eigenvalue weighted by Gasteiger charge is 2.05. The molecule has 0 saturated heterocycles. The molecule has 3 aromatic rings. The first-order chi connectivity index (χ1) is 12.6. The second kappa shape index (κ2) is 8.84. The van der Waals surface area contributed by atoms with Gasteiger partial charge in [-0.15, -0.1) is 0 Å². The standard InChI is InChI=1S/C22H21ClFNO/c1-16(18-5-3-2-4-6-18)25-14-17-7-11-21(12-8-17)26-15-19-9-10-20(24)13-22(19)23/h2-13,16,25H,14-15H2,1H3/t16-/m1/s1. The van der Waals surface area contributed by atoms with Crippen LogP contribution in [0.1, 0.15) is 29.7 Å².